The van der Waals surface area contributed by atoms with Crippen LogP contribution in [0.3, 0.4) is 0 Å². The number of phenolic OH excluding ortho intramolecular Hbond substituents is 2. The number of rotatable bonds is 4. The number of hydrogen-bond acceptors (Lipinski definition) is 3. The summed E-state index contributed by atoms with van der Waals surface area (Å²) in [6.07, 6.45) is 0. The number of nitrogens with zero attached hydrogens (tertiary/aromatic N) is 2. The van der Waals surface area contributed by atoms with Crippen molar-refractivity contribution in [3.8, 4) is 50.8 Å². The summed E-state index contributed by atoms with van der Waals surface area (Å²) in [6.45, 7) is 0. The van der Waals surface area contributed by atoms with Crippen molar-refractivity contribution in [1.29, 1.82) is 0 Å². The van der Waals surface area contributed by atoms with Gasteiger partial charge in [-0.1, -0.05) is 54.1 Å². The minimum Gasteiger partial charge on any atom is -0.508 e. The lowest BCUT2D eigenvalue weighted by Gasteiger charge is -2.12. The molecule has 0 spiro atoms. The van der Waals surface area contributed by atoms with E-state index in [-0.39, 0.29) is 11.5 Å². The molecule has 0 aliphatic heterocycles. The summed E-state index contributed by atoms with van der Waals surface area (Å²) >= 11 is 6.58. The number of aromatic nitrogens is 2. The Morgan fingerprint density at radius 3 is 1.78 bits per heavy atom. The third-order valence-corrected chi connectivity index (χ3v) is 5.63. The molecule has 5 heteroatoms. The van der Waals surface area contributed by atoms with Crippen molar-refractivity contribution in [3.05, 3.63) is 108 Å². The molecule has 156 valence electrons. The number of halogens is 1. The summed E-state index contributed by atoms with van der Waals surface area (Å²) in [5.41, 5.74) is 6.05. The first-order valence-corrected chi connectivity index (χ1v) is 10.5. The molecule has 0 unspecified atom stereocenters. The molecule has 0 saturated carbocycles. The maximum atomic E-state index is 9.86. The Morgan fingerprint density at radius 2 is 1.16 bits per heavy atom. The molecule has 2 N–H and O–H groups in total. The van der Waals surface area contributed by atoms with E-state index in [2.05, 4.69) is 0 Å². The Hall–Kier alpha value is -4.02. The molecule has 5 rings (SSSR count). The monoisotopic (exact) mass is 438 g/mol. The fraction of sp³-hybridized carbons (Fsp3) is 0. The first-order valence-electron chi connectivity index (χ1n) is 10.1. The van der Waals surface area contributed by atoms with E-state index >= 15 is 0 Å². The third-order valence-electron chi connectivity index (χ3n) is 5.31. The molecule has 0 amide bonds. The molecule has 0 atom stereocenters. The molecule has 5 aromatic rings. The topological polar surface area (TPSA) is 58.3 Å². The van der Waals surface area contributed by atoms with Crippen LogP contribution in [0.25, 0.3) is 39.3 Å². The van der Waals surface area contributed by atoms with E-state index in [1.165, 1.54) is 0 Å². The molecular weight excluding hydrogens is 420 g/mol. The predicted molar refractivity (Wildman–Crippen MR) is 128 cm³/mol. The molecule has 4 aromatic carbocycles. The summed E-state index contributed by atoms with van der Waals surface area (Å²) in [5, 5.41) is 25.2. The first kappa shape index (κ1) is 19.9. The van der Waals surface area contributed by atoms with Gasteiger partial charge in [0.15, 0.2) is 0 Å². The Bertz CT molecular complexity index is 1380. The van der Waals surface area contributed by atoms with Gasteiger partial charge in [0.1, 0.15) is 17.2 Å². The van der Waals surface area contributed by atoms with Crippen molar-refractivity contribution in [2.24, 2.45) is 0 Å². The van der Waals surface area contributed by atoms with Crippen LogP contribution in [0, 0.1) is 0 Å². The molecular formula is C27H19ClN2O2. The van der Waals surface area contributed by atoms with E-state index in [1.807, 2.05) is 83.5 Å². The molecule has 0 fully saturated rings. The van der Waals surface area contributed by atoms with Crippen LogP contribution in [0.2, 0.25) is 5.02 Å². The summed E-state index contributed by atoms with van der Waals surface area (Å²) < 4.78 is 1.85. The minimum absolute atomic E-state index is 0.192. The van der Waals surface area contributed by atoms with Crippen LogP contribution in [0.4, 0.5) is 0 Å². The highest BCUT2D eigenvalue weighted by atomic mass is 35.5. The summed E-state index contributed by atoms with van der Waals surface area (Å²) in [5.74, 6) is 0.386. The fourth-order valence-electron chi connectivity index (χ4n) is 3.80. The lowest BCUT2D eigenvalue weighted by molar-refractivity contribution is 0.475. The standard InChI is InChI=1S/C27H19ClN2O2/c28-23-8-4-5-9-24(23)30-27(20-12-16-22(32)17-13-20)25(18-6-2-1-3-7-18)26(29-30)19-10-14-21(31)15-11-19/h1-17,31-32H. The zero-order valence-electron chi connectivity index (χ0n) is 17.0. The molecule has 0 bridgehead atoms. The maximum Gasteiger partial charge on any atom is 0.115 e. The van der Waals surface area contributed by atoms with Crippen LogP contribution < -0.4 is 0 Å². The summed E-state index contributed by atoms with van der Waals surface area (Å²) in [7, 11) is 0. The third kappa shape index (κ3) is 3.61. The van der Waals surface area contributed by atoms with E-state index in [4.69, 9.17) is 16.7 Å². The van der Waals surface area contributed by atoms with Crippen molar-refractivity contribution in [1.82, 2.24) is 9.78 Å². The van der Waals surface area contributed by atoms with Gasteiger partial charge < -0.3 is 10.2 Å². The largest absolute Gasteiger partial charge is 0.508 e. The van der Waals surface area contributed by atoms with E-state index in [9.17, 15) is 10.2 Å². The number of aromatic hydroxyl groups is 2. The van der Waals surface area contributed by atoms with E-state index in [0.29, 0.717) is 5.02 Å². The second-order valence-corrected chi connectivity index (χ2v) is 7.80. The van der Waals surface area contributed by atoms with Crippen LogP contribution in [0.15, 0.2) is 103 Å². The fourth-order valence-corrected chi connectivity index (χ4v) is 4.02. The van der Waals surface area contributed by atoms with Gasteiger partial charge in [-0.05, 0) is 66.2 Å². The molecule has 0 aliphatic rings. The summed E-state index contributed by atoms with van der Waals surface area (Å²) in [4.78, 5) is 0. The van der Waals surface area contributed by atoms with Gasteiger partial charge in [-0.2, -0.15) is 5.10 Å². The molecule has 32 heavy (non-hydrogen) atoms. The number of hydrogen-bond donors (Lipinski definition) is 2. The number of para-hydroxylation sites is 1. The molecule has 0 radical (unpaired) electrons. The van der Waals surface area contributed by atoms with E-state index < -0.39 is 0 Å². The molecule has 4 nitrogen and oxygen atoms in total. The minimum atomic E-state index is 0.192. The highest BCUT2D eigenvalue weighted by molar-refractivity contribution is 6.32. The Kier molecular flexibility index (Phi) is 5.13. The smallest absolute Gasteiger partial charge is 0.115 e. The normalized spacial score (nSPS) is 10.9. The zero-order valence-corrected chi connectivity index (χ0v) is 17.7. The predicted octanol–water partition coefficient (Wildman–Crippen LogP) is 6.94. The highest BCUT2D eigenvalue weighted by Crippen LogP contribution is 2.42. The van der Waals surface area contributed by atoms with Gasteiger partial charge in [-0.25, -0.2) is 4.68 Å². The van der Waals surface area contributed by atoms with E-state index in [0.717, 1.165) is 39.3 Å². The van der Waals surface area contributed by atoms with Crippen LogP contribution in [-0.2, 0) is 0 Å². The number of benzene rings is 4. The van der Waals surface area contributed by atoms with Crippen molar-refractivity contribution in [2.75, 3.05) is 0 Å². The second-order valence-electron chi connectivity index (χ2n) is 7.40. The maximum absolute atomic E-state index is 9.86. The second kappa shape index (κ2) is 8.25. The van der Waals surface area contributed by atoms with Crippen LogP contribution in [-0.4, -0.2) is 20.0 Å². The van der Waals surface area contributed by atoms with Crippen molar-refractivity contribution >= 4 is 11.6 Å². The quantitative estimate of drug-likeness (QED) is 0.319. The van der Waals surface area contributed by atoms with Gasteiger partial charge in [0.05, 0.1) is 16.4 Å². The van der Waals surface area contributed by atoms with Crippen LogP contribution in [0.5, 0.6) is 11.5 Å². The molecule has 0 aliphatic carbocycles. The number of phenols is 2. The van der Waals surface area contributed by atoms with Crippen molar-refractivity contribution in [3.63, 3.8) is 0 Å². The average molecular weight is 439 g/mol. The molecule has 1 aromatic heterocycles. The van der Waals surface area contributed by atoms with Crippen LogP contribution >= 0.6 is 11.6 Å². The van der Waals surface area contributed by atoms with Gasteiger partial charge in [0, 0.05) is 16.7 Å². The summed E-state index contributed by atoms with van der Waals surface area (Å²) in [6, 6.07) is 31.7. The Labute approximate surface area is 190 Å². The zero-order chi connectivity index (χ0) is 22.1. The van der Waals surface area contributed by atoms with Crippen LogP contribution in [0.1, 0.15) is 0 Å². The molecule has 0 saturated heterocycles. The molecule has 1 heterocycles. The van der Waals surface area contributed by atoms with Gasteiger partial charge in [-0.3, -0.25) is 0 Å². The Balaban J connectivity index is 1.89. The highest BCUT2D eigenvalue weighted by Gasteiger charge is 2.23. The first-order chi connectivity index (χ1) is 15.6. The van der Waals surface area contributed by atoms with Gasteiger partial charge in [-0.15, -0.1) is 0 Å². The van der Waals surface area contributed by atoms with Gasteiger partial charge in [0.2, 0.25) is 0 Å². The van der Waals surface area contributed by atoms with E-state index in [1.54, 1.807) is 24.3 Å². The van der Waals surface area contributed by atoms with Gasteiger partial charge in [0.25, 0.3) is 0 Å². The van der Waals surface area contributed by atoms with Crippen molar-refractivity contribution in [2.45, 2.75) is 0 Å². The van der Waals surface area contributed by atoms with Gasteiger partial charge >= 0.3 is 0 Å². The van der Waals surface area contributed by atoms with Crippen molar-refractivity contribution < 1.29 is 10.2 Å². The SMILES string of the molecule is Oc1ccc(-c2nn(-c3ccccc3Cl)c(-c3ccc(O)cc3)c2-c2ccccc2)cc1. The lowest BCUT2D eigenvalue weighted by Crippen LogP contribution is -2.00. The Morgan fingerprint density at radius 1 is 0.594 bits per heavy atom. The lowest BCUT2D eigenvalue weighted by atomic mass is 9.95. The average Bonchev–Trinajstić information content (AvgIpc) is 3.21.